The van der Waals surface area contributed by atoms with E-state index in [1.807, 2.05) is 40.9 Å². The fourth-order valence-electron chi connectivity index (χ4n) is 5.51. The highest BCUT2D eigenvalue weighted by molar-refractivity contribution is 5.67. The van der Waals surface area contributed by atoms with Gasteiger partial charge in [0.25, 0.3) is 0 Å². The Morgan fingerprint density at radius 2 is 1.92 bits per heavy atom. The molecule has 2 aromatic heterocycles. The number of nitriles is 1. The van der Waals surface area contributed by atoms with Gasteiger partial charge in [0.2, 0.25) is 0 Å². The summed E-state index contributed by atoms with van der Waals surface area (Å²) in [4.78, 5) is 9.16. The number of anilines is 1. The van der Waals surface area contributed by atoms with Crippen molar-refractivity contribution in [3.05, 3.63) is 77.7 Å². The average Bonchev–Trinajstić information content (AvgIpc) is 3.69. The van der Waals surface area contributed by atoms with Crippen LogP contribution in [0.15, 0.2) is 60.8 Å². The van der Waals surface area contributed by atoms with Crippen molar-refractivity contribution in [3.63, 3.8) is 0 Å². The molecule has 6 rings (SSSR count). The number of hydrogen-bond donors (Lipinski definition) is 0. The van der Waals surface area contributed by atoms with Gasteiger partial charge in [-0.15, -0.1) is 5.10 Å². The van der Waals surface area contributed by atoms with Gasteiger partial charge in [-0.3, -0.25) is 4.90 Å². The van der Waals surface area contributed by atoms with Gasteiger partial charge in [0.1, 0.15) is 30.1 Å². The third kappa shape index (κ3) is 4.75. The normalized spacial score (nSPS) is 17.9. The van der Waals surface area contributed by atoms with E-state index in [1.54, 1.807) is 18.3 Å². The van der Waals surface area contributed by atoms with Gasteiger partial charge in [0.05, 0.1) is 23.5 Å². The molecule has 188 valence electrons. The molecule has 2 saturated heterocycles. The molecule has 8 heteroatoms. The number of hydrogen-bond acceptors (Lipinski definition) is 6. The van der Waals surface area contributed by atoms with Gasteiger partial charge in [-0.2, -0.15) is 5.26 Å². The number of rotatable bonds is 7. The van der Waals surface area contributed by atoms with Gasteiger partial charge in [-0.1, -0.05) is 12.1 Å². The zero-order valence-electron chi connectivity index (χ0n) is 20.7. The molecular weight excluding hydrogens is 467 g/mol. The summed E-state index contributed by atoms with van der Waals surface area (Å²) >= 11 is 0. The fourth-order valence-corrected chi connectivity index (χ4v) is 5.51. The van der Waals surface area contributed by atoms with Crippen LogP contribution in [0.1, 0.15) is 42.9 Å². The van der Waals surface area contributed by atoms with Crippen molar-refractivity contribution in [1.82, 2.24) is 19.5 Å². The molecule has 0 saturated carbocycles. The van der Waals surface area contributed by atoms with Gasteiger partial charge >= 0.3 is 0 Å². The van der Waals surface area contributed by atoms with Crippen LogP contribution in [0.5, 0.6) is 5.75 Å². The van der Waals surface area contributed by atoms with Crippen LogP contribution in [-0.2, 0) is 0 Å². The fraction of sp³-hybridized carbons (Fsp3) is 0.345. The second-order valence-electron chi connectivity index (χ2n) is 9.73. The van der Waals surface area contributed by atoms with E-state index in [4.69, 9.17) is 9.84 Å². The smallest absolute Gasteiger partial charge is 0.154 e. The lowest BCUT2D eigenvalue weighted by Gasteiger charge is -2.26. The van der Waals surface area contributed by atoms with Crippen LogP contribution in [-0.4, -0.2) is 52.3 Å². The Hall–Kier alpha value is -3.96. The molecule has 2 aromatic carbocycles. The molecule has 0 radical (unpaired) electrons. The van der Waals surface area contributed by atoms with E-state index in [0.717, 1.165) is 67.3 Å². The highest BCUT2D eigenvalue weighted by Gasteiger charge is 2.28. The summed E-state index contributed by atoms with van der Waals surface area (Å²) in [6, 6.07) is 18.8. The quantitative estimate of drug-likeness (QED) is 0.349. The van der Waals surface area contributed by atoms with E-state index in [9.17, 15) is 9.65 Å². The third-order valence-electron chi connectivity index (χ3n) is 7.39. The maximum absolute atomic E-state index is 13.9. The van der Waals surface area contributed by atoms with Crippen molar-refractivity contribution in [2.45, 2.75) is 31.7 Å². The maximum Gasteiger partial charge on any atom is 0.154 e. The predicted octanol–water partition coefficient (Wildman–Crippen LogP) is 5.22. The molecule has 4 heterocycles. The summed E-state index contributed by atoms with van der Waals surface area (Å²) in [6.45, 7) is 4.54. The Morgan fingerprint density at radius 1 is 1.03 bits per heavy atom. The molecule has 0 amide bonds. The zero-order valence-corrected chi connectivity index (χ0v) is 20.7. The Bertz CT molecular complexity index is 1450. The number of likely N-dealkylation sites (tertiary alicyclic amines) is 1. The largest absolute Gasteiger partial charge is 0.491 e. The zero-order chi connectivity index (χ0) is 25.2. The van der Waals surface area contributed by atoms with Crippen molar-refractivity contribution in [1.29, 1.82) is 5.26 Å². The molecule has 0 bridgehead atoms. The molecule has 37 heavy (non-hydrogen) atoms. The number of imidazole rings is 1. The number of aromatic nitrogens is 3. The van der Waals surface area contributed by atoms with Crippen LogP contribution in [0.2, 0.25) is 0 Å². The minimum atomic E-state index is -0.221. The van der Waals surface area contributed by atoms with Crippen molar-refractivity contribution < 1.29 is 9.13 Å². The third-order valence-corrected chi connectivity index (χ3v) is 7.39. The standard InChI is InChI=1S/C29H29FN6O/c30-24-6-3-5-21(18-24)25-7-4-14-35(25)29-11-10-28-32-20-26(36(28)33-29)22-8-9-27(23(17-22)19-31)37-16-15-34-12-1-2-13-34/h3,5-6,8-11,17-18,20,25H,1-2,4,7,12-16H2. The van der Waals surface area contributed by atoms with Gasteiger partial charge in [-0.25, -0.2) is 13.9 Å². The summed E-state index contributed by atoms with van der Waals surface area (Å²) in [5.41, 5.74) is 3.84. The molecule has 7 nitrogen and oxygen atoms in total. The first-order chi connectivity index (χ1) is 18.2. The molecule has 2 aliphatic heterocycles. The number of nitrogens with zero attached hydrogens (tertiary/aromatic N) is 6. The van der Waals surface area contributed by atoms with E-state index < -0.39 is 0 Å². The molecule has 2 fully saturated rings. The first-order valence-corrected chi connectivity index (χ1v) is 13.0. The molecular formula is C29H29FN6O. The summed E-state index contributed by atoms with van der Waals surface area (Å²) in [6.07, 6.45) is 6.24. The number of fused-ring (bicyclic) bond motifs is 1. The van der Waals surface area contributed by atoms with E-state index in [1.165, 1.54) is 18.9 Å². The van der Waals surface area contributed by atoms with Crippen LogP contribution in [0.4, 0.5) is 10.2 Å². The first-order valence-electron chi connectivity index (χ1n) is 13.0. The summed E-state index contributed by atoms with van der Waals surface area (Å²) in [5, 5.41) is 14.7. The number of ether oxygens (including phenoxy) is 1. The molecule has 4 aromatic rings. The second kappa shape index (κ2) is 10.2. The van der Waals surface area contributed by atoms with E-state index in [0.29, 0.717) is 17.9 Å². The van der Waals surface area contributed by atoms with E-state index in [2.05, 4.69) is 20.9 Å². The summed E-state index contributed by atoms with van der Waals surface area (Å²) in [7, 11) is 0. The highest BCUT2D eigenvalue weighted by Crippen LogP contribution is 2.36. The first kappa shape index (κ1) is 23.4. The van der Waals surface area contributed by atoms with E-state index in [-0.39, 0.29) is 11.9 Å². The summed E-state index contributed by atoms with van der Waals surface area (Å²) < 4.78 is 21.7. The average molecular weight is 497 g/mol. The Balaban J connectivity index is 1.26. The minimum Gasteiger partial charge on any atom is -0.491 e. The van der Waals surface area contributed by atoms with Gasteiger partial charge in [0.15, 0.2) is 5.65 Å². The predicted molar refractivity (Wildman–Crippen MR) is 140 cm³/mol. The number of benzene rings is 2. The summed E-state index contributed by atoms with van der Waals surface area (Å²) in [5.74, 6) is 1.20. The van der Waals surface area contributed by atoms with E-state index >= 15 is 0 Å². The van der Waals surface area contributed by atoms with Gasteiger partial charge < -0.3 is 9.64 Å². The molecule has 0 aliphatic carbocycles. The monoisotopic (exact) mass is 496 g/mol. The van der Waals surface area contributed by atoms with Crippen LogP contribution in [0.3, 0.4) is 0 Å². The lowest BCUT2D eigenvalue weighted by molar-refractivity contribution is 0.237. The molecule has 1 atom stereocenters. The Morgan fingerprint density at radius 3 is 2.76 bits per heavy atom. The van der Waals surface area contributed by atoms with Crippen LogP contribution >= 0.6 is 0 Å². The Labute approximate surface area is 215 Å². The van der Waals surface area contributed by atoms with Crippen LogP contribution in [0.25, 0.3) is 16.9 Å². The maximum atomic E-state index is 13.9. The van der Waals surface area contributed by atoms with Gasteiger partial charge in [-0.05, 0) is 86.8 Å². The lowest BCUT2D eigenvalue weighted by atomic mass is 10.0. The lowest BCUT2D eigenvalue weighted by Crippen LogP contribution is -2.25. The van der Waals surface area contributed by atoms with Crippen molar-refractivity contribution in [3.8, 4) is 23.1 Å². The van der Waals surface area contributed by atoms with Crippen LogP contribution in [0, 0.1) is 17.1 Å². The highest BCUT2D eigenvalue weighted by atomic mass is 19.1. The molecule has 0 spiro atoms. The number of halogens is 1. The van der Waals surface area contributed by atoms with Crippen molar-refractivity contribution in [2.24, 2.45) is 0 Å². The van der Waals surface area contributed by atoms with Gasteiger partial charge in [0, 0.05) is 18.7 Å². The minimum absolute atomic E-state index is 0.0785. The molecule has 0 N–H and O–H groups in total. The second-order valence-corrected chi connectivity index (χ2v) is 9.73. The van der Waals surface area contributed by atoms with Crippen molar-refractivity contribution >= 4 is 11.5 Å². The van der Waals surface area contributed by atoms with Crippen molar-refractivity contribution in [2.75, 3.05) is 37.7 Å². The Kier molecular flexibility index (Phi) is 6.46. The molecule has 1 unspecified atom stereocenters. The SMILES string of the molecule is N#Cc1cc(-c2cnc3ccc(N4CCCC4c4cccc(F)c4)nn23)ccc1OCCN1CCCC1. The topological polar surface area (TPSA) is 69.7 Å². The van der Waals surface area contributed by atoms with Crippen LogP contribution < -0.4 is 9.64 Å². The molecule has 2 aliphatic rings.